The minimum absolute atomic E-state index is 0.110. The molecule has 0 saturated carbocycles. The van der Waals surface area contributed by atoms with E-state index in [2.05, 4.69) is 0 Å². The highest BCUT2D eigenvalue weighted by Crippen LogP contribution is 2.40. The maximum absolute atomic E-state index is 13.9. The lowest BCUT2D eigenvalue weighted by Crippen LogP contribution is -2.51. The van der Waals surface area contributed by atoms with Crippen LogP contribution in [0.3, 0.4) is 0 Å². The zero-order valence-corrected chi connectivity index (χ0v) is 12.4. The summed E-state index contributed by atoms with van der Waals surface area (Å²) in [6.07, 6.45) is 0. The standard InChI is InChI=1S/C15H12Cl2FNO2/c16-9-1-3-11(12(17)5-9)15(7-20-8-15)21-14-4-2-10(19)6-13(14)18/h1-6H,7-8,19H2. The summed E-state index contributed by atoms with van der Waals surface area (Å²) < 4.78 is 25.0. The smallest absolute Gasteiger partial charge is 0.182 e. The first-order valence-corrected chi connectivity index (χ1v) is 7.03. The van der Waals surface area contributed by atoms with Crippen molar-refractivity contribution in [3.63, 3.8) is 0 Å². The predicted octanol–water partition coefficient (Wildman–Crippen LogP) is 4.02. The van der Waals surface area contributed by atoms with E-state index in [0.717, 1.165) is 5.56 Å². The summed E-state index contributed by atoms with van der Waals surface area (Å²) >= 11 is 12.1. The van der Waals surface area contributed by atoms with Crippen LogP contribution in [0.5, 0.6) is 5.75 Å². The van der Waals surface area contributed by atoms with Gasteiger partial charge in [-0.3, -0.25) is 0 Å². The molecule has 0 atom stereocenters. The second-order valence-electron chi connectivity index (χ2n) is 4.90. The number of hydrogen-bond donors (Lipinski definition) is 1. The number of halogens is 3. The molecule has 0 amide bonds. The lowest BCUT2D eigenvalue weighted by Gasteiger charge is -2.42. The largest absolute Gasteiger partial charge is 0.475 e. The van der Waals surface area contributed by atoms with Gasteiger partial charge in [-0.15, -0.1) is 0 Å². The van der Waals surface area contributed by atoms with Gasteiger partial charge in [0.1, 0.15) is 0 Å². The first-order valence-electron chi connectivity index (χ1n) is 6.27. The van der Waals surface area contributed by atoms with Crippen molar-refractivity contribution in [3.05, 3.63) is 57.8 Å². The molecule has 3 nitrogen and oxygen atoms in total. The molecule has 2 aromatic carbocycles. The monoisotopic (exact) mass is 327 g/mol. The van der Waals surface area contributed by atoms with Crippen LogP contribution in [-0.4, -0.2) is 13.2 Å². The number of rotatable bonds is 3. The molecule has 1 fully saturated rings. The summed E-state index contributed by atoms with van der Waals surface area (Å²) in [5, 5.41) is 0.986. The van der Waals surface area contributed by atoms with Crippen LogP contribution in [0.2, 0.25) is 10.0 Å². The molecule has 3 rings (SSSR count). The molecule has 1 aliphatic rings. The molecule has 0 aromatic heterocycles. The molecular weight excluding hydrogens is 316 g/mol. The molecule has 0 radical (unpaired) electrons. The van der Waals surface area contributed by atoms with Crippen LogP contribution in [0, 0.1) is 5.82 Å². The summed E-state index contributed by atoms with van der Waals surface area (Å²) in [5.41, 5.74) is 5.78. The van der Waals surface area contributed by atoms with Crippen molar-refractivity contribution < 1.29 is 13.9 Å². The van der Waals surface area contributed by atoms with Gasteiger partial charge in [-0.2, -0.15) is 0 Å². The van der Waals surface area contributed by atoms with Crippen molar-refractivity contribution >= 4 is 28.9 Å². The highest BCUT2D eigenvalue weighted by Gasteiger charge is 2.45. The van der Waals surface area contributed by atoms with Crippen molar-refractivity contribution in [2.45, 2.75) is 5.60 Å². The van der Waals surface area contributed by atoms with Gasteiger partial charge in [0.05, 0.1) is 13.2 Å². The molecule has 0 aliphatic carbocycles. The number of nitrogens with two attached hydrogens (primary N) is 1. The van der Waals surface area contributed by atoms with Gasteiger partial charge in [0, 0.05) is 27.4 Å². The lowest BCUT2D eigenvalue weighted by atomic mass is 9.91. The molecule has 2 aromatic rings. The zero-order valence-electron chi connectivity index (χ0n) is 10.9. The molecule has 1 heterocycles. The van der Waals surface area contributed by atoms with Crippen molar-refractivity contribution in [3.8, 4) is 5.75 Å². The highest BCUT2D eigenvalue weighted by atomic mass is 35.5. The third kappa shape index (κ3) is 2.67. The molecule has 0 bridgehead atoms. The summed E-state index contributed by atoms with van der Waals surface area (Å²) in [4.78, 5) is 0. The molecule has 110 valence electrons. The van der Waals surface area contributed by atoms with E-state index in [1.807, 2.05) is 0 Å². The molecule has 1 aliphatic heterocycles. The van der Waals surface area contributed by atoms with Gasteiger partial charge < -0.3 is 15.2 Å². The summed E-state index contributed by atoms with van der Waals surface area (Å²) in [6.45, 7) is 0.580. The van der Waals surface area contributed by atoms with Crippen LogP contribution in [-0.2, 0) is 10.3 Å². The second-order valence-corrected chi connectivity index (χ2v) is 5.75. The Balaban J connectivity index is 1.97. The van der Waals surface area contributed by atoms with Gasteiger partial charge in [0.2, 0.25) is 0 Å². The van der Waals surface area contributed by atoms with E-state index < -0.39 is 11.4 Å². The van der Waals surface area contributed by atoms with E-state index >= 15 is 0 Å². The van der Waals surface area contributed by atoms with Gasteiger partial charge in [-0.1, -0.05) is 29.3 Å². The third-order valence-electron chi connectivity index (χ3n) is 3.35. The molecule has 0 unspecified atom stereocenters. The lowest BCUT2D eigenvalue weighted by molar-refractivity contribution is -0.168. The first kappa shape index (κ1) is 14.4. The SMILES string of the molecule is Nc1ccc(OC2(c3ccc(Cl)cc3Cl)COC2)c(F)c1. The van der Waals surface area contributed by atoms with Crippen molar-refractivity contribution in [1.29, 1.82) is 0 Å². The summed E-state index contributed by atoms with van der Waals surface area (Å²) in [5.74, 6) is -0.412. The molecule has 0 spiro atoms. The quantitative estimate of drug-likeness (QED) is 0.866. The van der Waals surface area contributed by atoms with Gasteiger partial charge in [0.25, 0.3) is 0 Å². The van der Waals surface area contributed by atoms with Crippen molar-refractivity contribution in [2.75, 3.05) is 18.9 Å². The molecule has 1 saturated heterocycles. The van der Waals surface area contributed by atoms with Crippen LogP contribution in [0.15, 0.2) is 36.4 Å². The first-order chi connectivity index (χ1) is 10.00. The maximum atomic E-state index is 13.9. The average molecular weight is 328 g/mol. The minimum Gasteiger partial charge on any atom is -0.475 e. The average Bonchev–Trinajstić information content (AvgIpc) is 2.37. The van der Waals surface area contributed by atoms with Crippen LogP contribution in [0.1, 0.15) is 5.56 Å². The molecule has 6 heteroatoms. The third-order valence-corrected chi connectivity index (χ3v) is 3.90. The van der Waals surface area contributed by atoms with E-state index in [0.29, 0.717) is 15.7 Å². The summed E-state index contributed by atoms with van der Waals surface area (Å²) in [6, 6.07) is 9.39. The van der Waals surface area contributed by atoms with E-state index in [4.69, 9.17) is 38.4 Å². The minimum atomic E-state index is -0.807. The normalized spacial score (nSPS) is 16.3. The molecule has 2 N–H and O–H groups in total. The Morgan fingerprint density at radius 1 is 1.14 bits per heavy atom. The molecular formula is C15H12Cl2FNO2. The number of hydrogen-bond acceptors (Lipinski definition) is 3. The second kappa shape index (κ2) is 5.37. The van der Waals surface area contributed by atoms with Crippen LogP contribution >= 0.6 is 23.2 Å². The zero-order chi connectivity index (χ0) is 15.0. The Morgan fingerprint density at radius 2 is 1.90 bits per heavy atom. The predicted molar refractivity (Wildman–Crippen MR) is 80.4 cm³/mol. The Kier molecular flexibility index (Phi) is 3.69. The van der Waals surface area contributed by atoms with E-state index in [1.165, 1.54) is 12.1 Å². The van der Waals surface area contributed by atoms with Crippen LogP contribution in [0.4, 0.5) is 10.1 Å². The van der Waals surface area contributed by atoms with Crippen molar-refractivity contribution in [2.24, 2.45) is 0 Å². The van der Waals surface area contributed by atoms with Crippen molar-refractivity contribution in [1.82, 2.24) is 0 Å². The maximum Gasteiger partial charge on any atom is 0.182 e. The van der Waals surface area contributed by atoms with Gasteiger partial charge in [0.15, 0.2) is 17.2 Å². The van der Waals surface area contributed by atoms with E-state index in [1.54, 1.807) is 24.3 Å². The topological polar surface area (TPSA) is 44.5 Å². The fourth-order valence-corrected chi connectivity index (χ4v) is 2.81. The fraction of sp³-hybridized carbons (Fsp3) is 0.200. The van der Waals surface area contributed by atoms with Gasteiger partial charge in [-0.25, -0.2) is 4.39 Å². The Labute approximate surface area is 131 Å². The number of ether oxygens (including phenoxy) is 2. The Hall–Kier alpha value is -1.49. The number of benzene rings is 2. The summed E-state index contributed by atoms with van der Waals surface area (Å²) in [7, 11) is 0. The fourth-order valence-electron chi connectivity index (χ4n) is 2.23. The van der Waals surface area contributed by atoms with Gasteiger partial charge in [-0.05, 0) is 24.3 Å². The highest BCUT2D eigenvalue weighted by molar-refractivity contribution is 6.35. The van der Waals surface area contributed by atoms with E-state index in [-0.39, 0.29) is 19.0 Å². The Bertz CT molecular complexity index is 689. The number of anilines is 1. The van der Waals surface area contributed by atoms with E-state index in [9.17, 15) is 4.39 Å². The van der Waals surface area contributed by atoms with Gasteiger partial charge >= 0.3 is 0 Å². The van der Waals surface area contributed by atoms with Crippen LogP contribution < -0.4 is 10.5 Å². The van der Waals surface area contributed by atoms with Crippen LogP contribution in [0.25, 0.3) is 0 Å². The molecule has 21 heavy (non-hydrogen) atoms. The number of nitrogen functional groups attached to an aromatic ring is 1. The Morgan fingerprint density at radius 3 is 2.48 bits per heavy atom.